The van der Waals surface area contributed by atoms with E-state index in [-0.39, 0.29) is 0 Å². The van der Waals surface area contributed by atoms with Crippen molar-refractivity contribution in [2.45, 2.75) is 13.5 Å². The molecule has 0 amide bonds. The Bertz CT molecular complexity index is 542. The van der Waals surface area contributed by atoms with Crippen LogP contribution in [0.15, 0.2) is 17.5 Å². The van der Waals surface area contributed by atoms with Crippen molar-refractivity contribution < 1.29 is 4.74 Å². The summed E-state index contributed by atoms with van der Waals surface area (Å²) in [5.41, 5.74) is 0.870. The van der Waals surface area contributed by atoms with Gasteiger partial charge in [0.1, 0.15) is 12.4 Å². The Morgan fingerprint density at radius 2 is 1.88 bits per heavy atom. The first-order valence-electron chi connectivity index (χ1n) is 4.74. The highest BCUT2D eigenvalue weighted by molar-refractivity contribution is 7.09. The summed E-state index contributed by atoms with van der Waals surface area (Å²) in [4.78, 5) is 4.29. The highest BCUT2D eigenvalue weighted by Gasteiger charge is 2.08. The number of nitrogens with zero attached hydrogens (tertiary/aromatic N) is 1. The third-order valence-electron chi connectivity index (χ3n) is 2.02. The fourth-order valence-electron chi connectivity index (χ4n) is 1.24. The van der Waals surface area contributed by atoms with Crippen LogP contribution in [-0.2, 0) is 6.61 Å². The molecule has 2 nitrogen and oxygen atoms in total. The highest BCUT2D eigenvalue weighted by atomic mass is 35.5. The lowest BCUT2D eigenvalue weighted by Gasteiger charge is -2.07. The molecular weight excluding hydrogens is 301 g/mol. The monoisotopic (exact) mass is 307 g/mol. The zero-order valence-electron chi connectivity index (χ0n) is 8.84. The molecule has 0 aliphatic carbocycles. The molecule has 2 rings (SSSR count). The van der Waals surface area contributed by atoms with Gasteiger partial charge in [-0.3, -0.25) is 0 Å². The van der Waals surface area contributed by atoms with Gasteiger partial charge in [-0.25, -0.2) is 4.98 Å². The molecule has 0 atom stereocenters. The van der Waals surface area contributed by atoms with Crippen molar-refractivity contribution in [3.63, 3.8) is 0 Å². The van der Waals surface area contributed by atoms with Crippen molar-refractivity contribution in [2.75, 3.05) is 0 Å². The van der Waals surface area contributed by atoms with E-state index in [1.807, 2.05) is 12.3 Å². The van der Waals surface area contributed by atoms with E-state index >= 15 is 0 Å². The largest absolute Gasteiger partial charge is 0.486 e. The van der Waals surface area contributed by atoms with E-state index in [9.17, 15) is 0 Å². The molecule has 0 bridgehead atoms. The summed E-state index contributed by atoms with van der Waals surface area (Å²) in [6.07, 6.45) is 0. The Morgan fingerprint density at radius 3 is 2.53 bits per heavy atom. The third kappa shape index (κ3) is 3.26. The van der Waals surface area contributed by atoms with Gasteiger partial charge in [0, 0.05) is 11.4 Å². The lowest BCUT2D eigenvalue weighted by molar-refractivity contribution is 0.302. The van der Waals surface area contributed by atoms with Gasteiger partial charge in [0.2, 0.25) is 0 Å². The Kier molecular flexibility index (Phi) is 4.15. The van der Waals surface area contributed by atoms with Crippen LogP contribution in [-0.4, -0.2) is 4.98 Å². The van der Waals surface area contributed by atoms with Crippen molar-refractivity contribution in [1.82, 2.24) is 4.98 Å². The third-order valence-corrected chi connectivity index (χ3v) is 3.86. The minimum Gasteiger partial charge on any atom is -0.486 e. The van der Waals surface area contributed by atoms with Gasteiger partial charge in [0.15, 0.2) is 0 Å². The van der Waals surface area contributed by atoms with Crippen LogP contribution >= 0.6 is 46.1 Å². The van der Waals surface area contributed by atoms with E-state index in [0.29, 0.717) is 27.4 Å². The molecule has 0 radical (unpaired) electrons. The van der Waals surface area contributed by atoms with E-state index in [1.165, 1.54) is 0 Å². The van der Waals surface area contributed by atoms with Gasteiger partial charge in [-0.15, -0.1) is 11.3 Å². The first kappa shape index (κ1) is 13.0. The lowest BCUT2D eigenvalue weighted by atomic mass is 10.3. The molecule has 0 saturated heterocycles. The number of halogens is 3. The smallest absolute Gasteiger partial charge is 0.140 e. The molecule has 1 heterocycles. The fraction of sp³-hybridized carbons (Fsp3) is 0.182. The van der Waals surface area contributed by atoms with Gasteiger partial charge in [0.25, 0.3) is 0 Å². The molecule has 90 valence electrons. The average molecular weight is 309 g/mol. The van der Waals surface area contributed by atoms with Crippen molar-refractivity contribution in [2.24, 2.45) is 0 Å². The number of aryl methyl sites for hydroxylation is 1. The van der Waals surface area contributed by atoms with Gasteiger partial charge in [-0.2, -0.15) is 0 Å². The van der Waals surface area contributed by atoms with Gasteiger partial charge in [-0.05, 0) is 13.0 Å². The van der Waals surface area contributed by atoms with Crippen LogP contribution in [0.4, 0.5) is 0 Å². The second kappa shape index (κ2) is 5.44. The zero-order chi connectivity index (χ0) is 12.4. The molecule has 17 heavy (non-hydrogen) atoms. The predicted octanol–water partition coefficient (Wildman–Crippen LogP) is 4.99. The van der Waals surface area contributed by atoms with Crippen LogP contribution in [0.2, 0.25) is 15.1 Å². The topological polar surface area (TPSA) is 22.1 Å². The summed E-state index contributed by atoms with van der Waals surface area (Å²) < 4.78 is 5.54. The fourth-order valence-corrected chi connectivity index (χ4v) is 2.43. The molecule has 0 unspecified atom stereocenters. The summed E-state index contributed by atoms with van der Waals surface area (Å²) in [7, 11) is 0. The Hall–Kier alpha value is -0.480. The summed E-state index contributed by atoms with van der Waals surface area (Å²) in [5, 5.41) is 4.21. The van der Waals surface area contributed by atoms with E-state index in [1.54, 1.807) is 23.5 Å². The Balaban J connectivity index is 2.11. The summed E-state index contributed by atoms with van der Waals surface area (Å²) >= 11 is 19.3. The molecule has 1 aromatic heterocycles. The molecule has 0 saturated carbocycles. The van der Waals surface area contributed by atoms with E-state index in [0.717, 1.165) is 10.7 Å². The van der Waals surface area contributed by atoms with Crippen LogP contribution in [0.1, 0.15) is 10.7 Å². The maximum absolute atomic E-state index is 5.99. The number of hydrogen-bond donors (Lipinski definition) is 0. The van der Waals surface area contributed by atoms with E-state index in [4.69, 9.17) is 39.5 Å². The van der Waals surface area contributed by atoms with Gasteiger partial charge in [-0.1, -0.05) is 34.8 Å². The van der Waals surface area contributed by atoms with Crippen LogP contribution in [0.25, 0.3) is 0 Å². The molecule has 0 fully saturated rings. The normalized spacial score (nSPS) is 10.6. The Morgan fingerprint density at radius 1 is 1.18 bits per heavy atom. The standard InChI is InChI=1S/C11H8Cl3NOS/c1-6-15-7(5-17-6)4-16-11-3-9(13)8(12)2-10(11)14/h2-3,5H,4H2,1H3. The maximum Gasteiger partial charge on any atom is 0.140 e. The number of ether oxygens (including phenoxy) is 1. The van der Waals surface area contributed by atoms with Crippen LogP contribution in [0, 0.1) is 6.92 Å². The number of rotatable bonds is 3. The molecule has 1 aromatic carbocycles. The van der Waals surface area contributed by atoms with E-state index in [2.05, 4.69) is 4.98 Å². The predicted molar refractivity (Wildman–Crippen MR) is 72.7 cm³/mol. The minimum atomic E-state index is 0.363. The summed E-state index contributed by atoms with van der Waals surface area (Å²) in [6.45, 7) is 2.31. The van der Waals surface area contributed by atoms with Crippen LogP contribution in [0.3, 0.4) is 0 Å². The summed E-state index contributed by atoms with van der Waals surface area (Å²) in [6, 6.07) is 3.17. The molecule has 6 heteroatoms. The van der Waals surface area contributed by atoms with Crippen molar-refractivity contribution in [1.29, 1.82) is 0 Å². The molecule has 0 spiro atoms. The maximum atomic E-state index is 5.99. The highest BCUT2D eigenvalue weighted by Crippen LogP contribution is 2.34. The van der Waals surface area contributed by atoms with Gasteiger partial charge >= 0.3 is 0 Å². The quantitative estimate of drug-likeness (QED) is 0.745. The second-order valence-electron chi connectivity index (χ2n) is 3.34. The molecule has 0 aliphatic heterocycles. The zero-order valence-corrected chi connectivity index (χ0v) is 11.9. The van der Waals surface area contributed by atoms with Crippen molar-refractivity contribution in [3.8, 4) is 5.75 Å². The second-order valence-corrected chi connectivity index (χ2v) is 5.63. The molecule has 0 N–H and O–H groups in total. The number of hydrogen-bond acceptors (Lipinski definition) is 3. The van der Waals surface area contributed by atoms with Gasteiger partial charge < -0.3 is 4.74 Å². The number of aromatic nitrogens is 1. The lowest BCUT2D eigenvalue weighted by Crippen LogP contribution is -1.96. The van der Waals surface area contributed by atoms with Crippen molar-refractivity contribution in [3.05, 3.63) is 43.3 Å². The average Bonchev–Trinajstić information content (AvgIpc) is 2.68. The van der Waals surface area contributed by atoms with E-state index < -0.39 is 0 Å². The minimum absolute atomic E-state index is 0.363. The van der Waals surface area contributed by atoms with Crippen LogP contribution in [0.5, 0.6) is 5.75 Å². The summed E-state index contributed by atoms with van der Waals surface area (Å²) in [5.74, 6) is 0.506. The van der Waals surface area contributed by atoms with Crippen molar-refractivity contribution >= 4 is 46.1 Å². The number of thiazole rings is 1. The Labute approximate surface area is 118 Å². The first-order valence-corrected chi connectivity index (χ1v) is 6.76. The first-order chi connectivity index (χ1) is 8.06. The number of benzene rings is 1. The molecular formula is C11H8Cl3NOS. The molecule has 2 aromatic rings. The van der Waals surface area contributed by atoms with Crippen LogP contribution < -0.4 is 4.74 Å². The SMILES string of the molecule is Cc1nc(COc2cc(Cl)c(Cl)cc2Cl)cs1. The molecule has 0 aliphatic rings. The van der Waals surface area contributed by atoms with Gasteiger partial charge in [0.05, 0.1) is 25.8 Å².